The molecule has 5 nitrogen and oxygen atoms in total. The Kier molecular flexibility index (Phi) is 4.49. The van der Waals surface area contributed by atoms with Crippen molar-refractivity contribution in [2.24, 2.45) is 11.8 Å². The first-order valence-electron chi connectivity index (χ1n) is 6.70. The lowest BCUT2D eigenvalue weighted by Crippen LogP contribution is -2.35. The van der Waals surface area contributed by atoms with E-state index in [9.17, 15) is 27.2 Å². The van der Waals surface area contributed by atoms with Crippen molar-refractivity contribution in [3.05, 3.63) is 29.6 Å². The number of carbonyl (C=O) groups excluding carboxylic acids is 1. The number of anilines is 1. The summed E-state index contributed by atoms with van der Waals surface area (Å²) in [6, 6.07) is 2.81. The molecule has 126 valence electrons. The van der Waals surface area contributed by atoms with Crippen LogP contribution in [-0.4, -0.2) is 41.3 Å². The Morgan fingerprint density at radius 3 is 2.39 bits per heavy atom. The van der Waals surface area contributed by atoms with Crippen molar-refractivity contribution in [1.29, 1.82) is 0 Å². The molecular weight excluding hydrogens is 320 g/mol. The second-order valence-corrected chi connectivity index (χ2v) is 5.45. The molecule has 1 heterocycles. The minimum absolute atomic E-state index is 0.0924. The minimum Gasteiger partial charge on any atom is -0.481 e. The molecule has 2 rings (SSSR count). The zero-order valence-electron chi connectivity index (χ0n) is 12.0. The predicted molar refractivity (Wildman–Crippen MR) is 72.4 cm³/mol. The summed E-state index contributed by atoms with van der Waals surface area (Å²) in [5, 5.41) is 11.2. The monoisotopic (exact) mass is 334 g/mol. The standard InChI is InChI=1S/C14H14F4N2O3/c1-7-2-8(15)4-9(3-7)19-13(23)20-5-10(12(21)22)11(6-20)14(16,17)18/h2-4,10-11H,5-6H2,1H3,(H,19,23)(H,21,22)/t10-,11-/m1/s1. The number of aryl methyl sites for hydroxylation is 1. The number of halogens is 4. The average molecular weight is 334 g/mol. The van der Waals surface area contributed by atoms with Crippen LogP contribution in [0.1, 0.15) is 5.56 Å². The van der Waals surface area contributed by atoms with Crippen LogP contribution in [0.5, 0.6) is 0 Å². The summed E-state index contributed by atoms with van der Waals surface area (Å²) < 4.78 is 51.9. The van der Waals surface area contributed by atoms with Crippen LogP contribution >= 0.6 is 0 Å². The van der Waals surface area contributed by atoms with E-state index in [0.29, 0.717) is 5.56 Å². The van der Waals surface area contributed by atoms with Gasteiger partial charge in [-0.1, -0.05) is 0 Å². The maximum Gasteiger partial charge on any atom is 0.394 e. The number of nitrogens with one attached hydrogen (secondary N) is 1. The van der Waals surface area contributed by atoms with Gasteiger partial charge in [0.2, 0.25) is 0 Å². The number of benzene rings is 1. The molecule has 1 saturated heterocycles. The zero-order chi connectivity index (χ0) is 17.4. The fourth-order valence-corrected chi connectivity index (χ4v) is 2.56. The molecule has 23 heavy (non-hydrogen) atoms. The summed E-state index contributed by atoms with van der Waals surface area (Å²) in [6.45, 7) is 0.287. The molecule has 0 aliphatic carbocycles. The molecule has 2 N–H and O–H groups in total. The Morgan fingerprint density at radius 2 is 1.91 bits per heavy atom. The van der Waals surface area contributed by atoms with Gasteiger partial charge in [-0.15, -0.1) is 0 Å². The van der Waals surface area contributed by atoms with E-state index >= 15 is 0 Å². The van der Waals surface area contributed by atoms with E-state index < -0.39 is 48.9 Å². The summed E-state index contributed by atoms with van der Waals surface area (Å²) in [5.41, 5.74) is 0.619. The van der Waals surface area contributed by atoms with Crippen molar-refractivity contribution in [2.75, 3.05) is 18.4 Å². The number of urea groups is 1. The van der Waals surface area contributed by atoms with Crippen molar-refractivity contribution in [1.82, 2.24) is 4.90 Å². The van der Waals surface area contributed by atoms with Gasteiger partial charge in [0.15, 0.2) is 0 Å². The largest absolute Gasteiger partial charge is 0.481 e. The van der Waals surface area contributed by atoms with Gasteiger partial charge in [-0.05, 0) is 30.7 Å². The van der Waals surface area contributed by atoms with E-state index in [4.69, 9.17) is 5.11 Å². The van der Waals surface area contributed by atoms with Crippen molar-refractivity contribution in [3.8, 4) is 0 Å². The number of hydrogen-bond donors (Lipinski definition) is 2. The number of nitrogens with zero attached hydrogens (tertiary/aromatic N) is 1. The lowest BCUT2D eigenvalue weighted by molar-refractivity contribution is -0.187. The van der Waals surface area contributed by atoms with Crippen LogP contribution in [0.25, 0.3) is 0 Å². The van der Waals surface area contributed by atoms with Crippen LogP contribution in [0.3, 0.4) is 0 Å². The quantitative estimate of drug-likeness (QED) is 0.817. The van der Waals surface area contributed by atoms with Crippen LogP contribution in [0, 0.1) is 24.6 Å². The molecule has 2 amide bonds. The molecule has 9 heteroatoms. The normalized spacial score (nSPS) is 21.3. The molecule has 1 fully saturated rings. The highest BCUT2D eigenvalue weighted by molar-refractivity contribution is 5.90. The Bertz CT molecular complexity index is 613. The van der Waals surface area contributed by atoms with E-state index in [1.54, 1.807) is 6.92 Å². The summed E-state index contributed by atoms with van der Waals surface area (Å²) >= 11 is 0. The fraction of sp³-hybridized carbons (Fsp3) is 0.429. The molecule has 0 aromatic heterocycles. The van der Waals surface area contributed by atoms with Gasteiger partial charge in [-0.25, -0.2) is 9.18 Å². The molecule has 0 bridgehead atoms. The summed E-state index contributed by atoms with van der Waals surface area (Å²) in [4.78, 5) is 23.8. The van der Waals surface area contributed by atoms with Crippen LogP contribution in [-0.2, 0) is 4.79 Å². The molecule has 0 radical (unpaired) electrons. The summed E-state index contributed by atoms with van der Waals surface area (Å²) in [5.74, 6) is -6.04. The molecule has 0 unspecified atom stereocenters. The second-order valence-electron chi connectivity index (χ2n) is 5.45. The smallest absolute Gasteiger partial charge is 0.394 e. The number of carboxylic acids is 1. The molecule has 1 aromatic carbocycles. The second kappa shape index (κ2) is 6.05. The summed E-state index contributed by atoms with van der Waals surface area (Å²) in [6.07, 6.45) is -4.71. The molecule has 1 aromatic rings. The maximum absolute atomic E-state index is 13.3. The Hall–Kier alpha value is -2.32. The van der Waals surface area contributed by atoms with Gasteiger partial charge in [0, 0.05) is 18.8 Å². The molecule has 1 aliphatic heterocycles. The predicted octanol–water partition coefficient (Wildman–Crippen LogP) is 2.86. The van der Waals surface area contributed by atoms with Crippen LogP contribution in [0.2, 0.25) is 0 Å². The van der Waals surface area contributed by atoms with Crippen LogP contribution in [0.15, 0.2) is 18.2 Å². The highest BCUT2D eigenvalue weighted by Gasteiger charge is 2.53. The molecule has 2 atom stereocenters. The number of alkyl halides is 3. The number of carbonyl (C=O) groups is 2. The molecule has 0 saturated carbocycles. The molecule has 1 aliphatic rings. The van der Waals surface area contributed by atoms with Gasteiger partial charge >= 0.3 is 18.2 Å². The third-order valence-electron chi connectivity index (χ3n) is 3.64. The van der Waals surface area contributed by atoms with Crippen LogP contribution in [0.4, 0.5) is 28.0 Å². The van der Waals surface area contributed by atoms with E-state index in [-0.39, 0.29) is 5.69 Å². The van der Waals surface area contributed by atoms with Gasteiger partial charge < -0.3 is 15.3 Å². The lowest BCUT2D eigenvalue weighted by Gasteiger charge is -2.19. The highest BCUT2D eigenvalue weighted by Crippen LogP contribution is 2.37. The van der Waals surface area contributed by atoms with Gasteiger partial charge in [0.05, 0.1) is 11.8 Å². The van der Waals surface area contributed by atoms with E-state index in [1.807, 2.05) is 0 Å². The van der Waals surface area contributed by atoms with Crippen molar-refractivity contribution >= 4 is 17.7 Å². The van der Waals surface area contributed by atoms with Crippen molar-refractivity contribution in [3.63, 3.8) is 0 Å². The van der Waals surface area contributed by atoms with Gasteiger partial charge in [0.1, 0.15) is 5.82 Å². The third-order valence-corrected chi connectivity index (χ3v) is 3.64. The first-order chi connectivity index (χ1) is 10.6. The van der Waals surface area contributed by atoms with Crippen molar-refractivity contribution < 1.29 is 32.3 Å². The number of hydrogen-bond acceptors (Lipinski definition) is 2. The first-order valence-corrected chi connectivity index (χ1v) is 6.70. The van der Waals surface area contributed by atoms with E-state index in [2.05, 4.69) is 5.32 Å². The fourth-order valence-electron chi connectivity index (χ4n) is 2.56. The van der Waals surface area contributed by atoms with E-state index in [0.717, 1.165) is 11.0 Å². The Labute approximate surface area is 128 Å². The number of rotatable bonds is 2. The maximum atomic E-state index is 13.3. The number of aliphatic carboxylic acids is 1. The Morgan fingerprint density at radius 1 is 1.26 bits per heavy atom. The SMILES string of the molecule is Cc1cc(F)cc(NC(=O)N2C[C@@H](C(F)(F)F)[C@H](C(=O)O)C2)c1. The topological polar surface area (TPSA) is 69.6 Å². The first kappa shape index (κ1) is 17.0. The molecule has 0 spiro atoms. The van der Waals surface area contributed by atoms with Gasteiger partial charge in [-0.3, -0.25) is 4.79 Å². The Balaban J connectivity index is 2.13. The average Bonchev–Trinajstić information content (AvgIpc) is 2.82. The highest BCUT2D eigenvalue weighted by atomic mass is 19.4. The number of likely N-dealkylation sites (tertiary alicyclic amines) is 1. The summed E-state index contributed by atoms with van der Waals surface area (Å²) in [7, 11) is 0. The zero-order valence-corrected chi connectivity index (χ0v) is 12.0. The minimum atomic E-state index is -4.71. The van der Waals surface area contributed by atoms with E-state index in [1.165, 1.54) is 12.1 Å². The van der Waals surface area contributed by atoms with Gasteiger partial charge in [0.25, 0.3) is 0 Å². The van der Waals surface area contributed by atoms with Gasteiger partial charge in [-0.2, -0.15) is 13.2 Å². The third kappa shape index (κ3) is 3.91. The lowest BCUT2D eigenvalue weighted by atomic mass is 9.96. The van der Waals surface area contributed by atoms with Crippen LogP contribution < -0.4 is 5.32 Å². The number of carboxylic acid groups (broad SMARTS) is 1. The van der Waals surface area contributed by atoms with Crippen molar-refractivity contribution in [2.45, 2.75) is 13.1 Å². The molecular formula is C14H14F4N2O3. The number of amides is 2.